The average Bonchev–Trinajstić information content (AvgIpc) is 2.38. The molecule has 0 unspecified atom stereocenters. The minimum absolute atomic E-state index is 0.229. The number of ether oxygens (including phenoxy) is 1. The summed E-state index contributed by atoms with van der Waals surface area (Å²) in [6.07, 6.45) is 1.92. The summed E-state index contributed by atoms with van der Waals surface area (Å²) in [6, 6.07) is 12.8. The first-order valence-electron chi connectivity index (χ1n) is 6.05. The van der Waals surface area contributed by atoms with Gasteiger partial charge >= 0.3 is 0 Å². The van der Waals surface area contributed by atoms with Crippen LogP contribution in [0.2, 0.25) is 0 Å². The molecule has 0 heterocycles. The number of rotatable bonds is 4. The van der Waals surface area contributed by atoms with Crippen LogP contribution in [-0.2, 0) is 6.42 Å². The molecule has 0 aliphatic rings. The van der Waals surface area contributed by atoms with Gasteiger partial charge in [0.2, 0.25) is 0 Å². The van der Waals surface area contributed by atoms with Crippen molar-refractivity contribution in [1.82, 2.24) is 0 Å². The van der Waals surface area contributed by atoms with Gasteiger partial charge in [0.25, 0.3) is 0 Å². The van der Waals surface area contributed by atoms with Crippen molar-refractivity contribution >= 4 is 10.8 Å². The Bertz CT molecular complexity index is 507. The predicted molar refractivity (Wildman–Crippen MR) is 72.5 cm³/mol. The fourth-order valence-corrected chi connectivity index (χ4v) is 2.05. The second-order valence-electron chi connectivity index (χ2n) is 4.38. The van der Waals surface area contributed by atoms with Gasteiger partial charge in [-0.1, -0.05) is 31.2 Å². The van der Waals surface area contributed by atoms with Crippen molar-refractivity contribution in [2.45, 2.75) is 25.8 Å². The van der Waals surface area contributed by atoms with Gasteiger partial charge in [0, 0.05) is 6.04 Å². The maximum absolute atomic E-state index is 6.04. The lowest BCUT2D eigenvalue weighted by atomic mass is 9.98. The molecule has 0 saturated heterocycles. The third-order valence-electron chi connectivity index (χ3n) is 3.19. The molecule has 0 radical (unpaired) electrons. The van der Waals surface area contributed by atoms with E-state index >= 15 is 0 Å². The van der Waals surface area contributed by atoms with Gasteiger partial charge < -0.3 is 10.5 Å². The van der Waals surface area contributed by atoms with Gasteiger partial charge in [-0.25, -0.2) is 0 Å². The number of hydrogen-bond acceptors (Lipinski definition) is 2. The smallest absolute Gasteiger partial charge is 0.119 e. The monoisotopic (exact) mass is 229 g/mol. The van der Waals surface area contributed by atoms with Crippen LogP contribution in [0.25, 0.3) is 10.8 Å². The van der Waals surface area contributed by atoms with E-state index in [0.717, 1.165) is 18.6 Å². The van der Waals surface area contributed by atoms with E-state index in [2.05, 4.69) is 37.3 Å². The summed E-state index contributed by atoms with van der Waals surface area (Å²) in [6.45, 7) is 2.12. The zero-order chi connectivity index (χ0) is 12.3. The molecule has 0 spiro atoms. The molecule has 17 heavy (non-hydrogen) atoms. The Hall–Kier alpha value is -1.54. The minimum atomic E-state index is 0.229. The number of methoxy groups -OCH3 is 1. The lowest BCUT2D eigenvalue weighted by molar-refractivity contribution is 0.415. The van der Waals surface area contributed by atoms with Crippen molar-refractivity contribution in [3.63, 3.8) is 0 Å². The van der Waals surface area contributed by atoms with Crippen molar-refractivity contribution in [1.29, 1.82) is 0 Å². The van der Waals surface area contributed by atoms with Crippen molar-refractivity contribution in [2.24, 2.45) is 5.73 Å². The molecule has 1 atom stereocenters. The summed E-state index contributed by atoms with van der Waals surface area (Å²) in [7, 11) is 1.70. The Morgan fingerprint density at radius 2 is 2.06 bits per heavy atom. The number of fused-ring (bicyclic) bond motifs is 1. The summed E-state index contributed by atoms with van der Waals surface area (Å²) in [5.74, 6) is 0.898. The van der Waals surface area contributed by atoms with Crippen molar-refractivity contribution in [2.75, 3.05) is 7.11 Å². The van der Waals surface area contributed by atoms with Crippen LogP contribution < -0.4 is 10.5 Å². The fraction of sp³-hybridized carbons (Fsp3) is 0.333. The minimum Gasteiger partial charge on any atom is -0.497 e. The van der Waals surface area contributed by atoms with Gasteiger partial charge in [-0.3, -0.25) is 0 Å². The van der Waals surface area contributed by atoms with E-state index in [1.54, 1.807) is 7.11 Å². The Morgan fingerprint density at radius 3 is 2.76 bits per heavy atom. The van der Waals surface area contributed by atoms with E-state index in [9.17, 15) is 0 Å². The topological polar surface area (TPSA) is 35.2 Å². The highest BCUT2D eigenvalue weighted by Gasteiger charge is 2.06. The second-order valence-corrected chi connectivity index (χ2v) is 4.38. The standard InChI is InChI=1S/C15H19NO/c1-3-13(16)9-12-6-4-5-11-7-8-14(17-2)10-15(11)12/h4-8,10,13H,3,9,16H2,1-2H3/t13-/m1/s1. The van der Waals surface area contributed by atoms with Crippen LogP contribution in [0.4, 0.5) is 0 Å². The van der Waals surface area contributed by atoms with Crippen LogP contribution in [0.3, 0.4) is 0 Å². The summed E-state index contributed by atoms with van der Waals surface area (Å²) in [4.78, 5) is 0. The van der Waals surface area contributed by atoms with Gasteiger partial charge in [-0.2, -0.15) is 0 Å². The summed E-state index contributed by atoms with van der Waals surface area (Å²) in [5, 5.41) is 2.49. The second kappa shape index (κ2) is 5.19. The number of hydrogen-bond donors (Lipinski definition) is 1. The Labute approximate surface area is 102 Å². The largest absolute Gasteiger partial charge is 0.497 e. The SMILES string of the molecule is CC[C@@H](N)Cc1cccc2ccc(OC)cc12. The maximum Gasteiger partial charge on any atom is 0.119 e. The molecule has 0 aliphatic carbocycles. The third-order valence-corrected chi connectivity index (χ3v) is 3.19. The highest BCUT2D eigenvalue weighted by molar-refractivity contribution is 5.87. The van der Waals surface area contributed by atoms with Crippen LogP contribution in [0, 0.1) is 0 Å². The first-order valence-corrected chi connectivity index (χ1v) is 6.05. The molecular weight excluding hydrogens is 210 g/mol. The zero-order valence-corrected chi connectivity index (χ0v) is 10.4. The Balaban J connectivity index is 2.46. The summed E-state index contributed by atoms with van der Waals surface area (Å²) < 4.78 is 5.28. The molecule has 2 aromatic carbocycles. The molecule has 0 aromatic heterocycles. The van der Waals surface area contributed by atoms with E-state index in [1.165, 1.54) is 16.3 Å². The summed E-state index contributed by atoms with van der Waals surface area (Å²) in [5.41, 5.74) is 7.34. The fourth-order valence-electron chi connectivity index (χ4n) is 2.05. The molecule has 2 heteroatoms. The average molecular weight is 229 g/mol. The lowest BCUT2D eigenvalue weighted by Gasteiger charge is -2.12. The van der Waals surface area contributed by atoms with E-state index in [4.69, 9.17) is 10.5 Å². The van der Waals surface area contributed by atoms with E-state index in [1.807, 2.05) is 6.07 Å². The molecule has 90 valence electrons. The van der Waals surface area contributed by atoms with Crippen LogP contribution in [0.1, 0.15) is 18.9 Å². The lowest BCUT2D eigenvalue weighted by Crippen LogP contribution is -2.21. The Kier molecular flexibility index (Phi) is 3.64. The van der Waals surface area contributed by atoms with Crippen molar-refractivity contribution in [3.05, 3.63) is 42.0 Å². The van der Waals surface area contributed by atoms with E-state index in [-0.39, 0.29) is 6.04 Å². The van der Waals surface area contributed by atoms with Crippen molar-refractivity contribution in [3.8, 4) is 5.75 Å². The molecule has 2 nitrogen and oxygen atoms in total. The normalized spacial score (nSPS) is 12.6. The molecular formula is C15H19NO. The molecule has 0 aliphatic heterocycles. The molecule has 0 bridgehead atoms. The molecule has 2 rings (SSSR count). The van der Waals surface area contributed by atoms with Gasteiger partial charge in [0.05, 0.1) is 7.11 Å². The number of nitrogens with two attached hydrogens (primary N) is 1. The maximum atomic E-state index is 6.04. The van der Waals surface area contributed by atoms with Crippen LogP contribution >= 0.6 is 0 Å². The molecule has 0 saturated carbocycles. The molecule has 2 N–H and O–H groups in total. The predicted octanol–water partition coefficient (Wildman–Crippen LogP) is 3.13. The highest BCUT2D eigenvalue weighted by atomic mass is 16.5. The van der Waals surface area contributed by atoms with Gasteiger partial charge in [0.1, 0.15) is 5.75 Å². The first-order chi connectivity index (χ1) is 8.24. The van der Waals surface area contributed by atoms with Crippen molar-refractivity contribution < 1.29 is 4.74 Å². The highest BCUT2D eigenvalue weighted by Crippen LogP contribution is 2.24. The number of benzene rings is 2. The molecule has 0 fully saturated rings. The molecule has 2 aromatic rings. The third kappa shape index (κ3) is 2.59. The van der Waals surface area contributed by atoms with Crippen LogP contribution in [-0.4, -0.2) is 13.2 Å². The van der Waals surface area contributed by atoms with E-state index < -0.39 is 0 Å². The van der Waals surface area contributed by atoms with Crippen LogP contribution in [0.5, 0.6) is 5.75 Å². The first kappa shape index (κ1) is 11.9. The summed E-state index contributed by atoms with van der Waals surface area (Å²) >= 11 is 0. The van der Waals surface area contributed by atoms with Gasteiger partial charge in [0.15, 0.2) is 0 Å². The van der Waals surface area contributed by atoms with E-state index in [0.29, 0.717) is 0 Å². The van der Waals surface area contributed by atoms with Gasteiger partial charge in [-0.05, 0) is 41.3 Å². The Morgan fingerprint density at radius 1 is 1.24 bits per heavy atom. The molecule has 0 amide bonds. The van der Waals surface area contributed by atoms with Crippen LogP contribution in [0.15, 0.2) is 36.4 Å². The quantitative estimate of drug-likeness (QED) is 0.874. The zero-order valence-electron chi connectivity index (χ0n) is 10.4. The van der Waals surface area contributed by atoms with Gasteiger partial charge in [-0.15, -0.1) is 0 Å².